The van der Waals surface area contributed by atoms with Crippen molar-refractivity contribution in [2.24, 2.45) is 0 Å². The average molecular weight is 381 g/mol. The summed E-state index contributed by atoms with van der Waals surface area (Å²) in [7, 11) is 3.11. The molecule has 0 radical (unpaired) electrons. The largest absolute Gasteiger partial charge is 0.496 e. The van der Waals surface area contributed by atoms with Gasteiger partial charge < -0.3 is 19.4 Å². The minimum Gasteiger partial charge on any atom is -0.496 e. The van der Waals surface area contributed by atoms with E-state index in [4.69, 9.17) is 9.47 Å². The van der Waals surface area contributed by atoms with Crippen LogP contribution in [0, 0.1) is 6.92 Å². The van der Waals surface area contributed by atoms with Gasteiger partial charge in [0.1, 0.15) is 17.3 Å². The number of rotatable bonds is 6. The van der Waals surface area contributed by atoms with Crippen LogP contribution in [0.3, 0.4) is 0 Å². The van der Waals surface area contributed by atoms with Crippen molar-refractivity contribution < 1.29 is 14.3 Å². The third kappa shape index (κ3) is 3.69. The molecule has 0 aliphatic heterocycles. The van der Waals surface area contributed by atoms with E-state index in [-0.39, 0.29) is 18.0 Å². The molecule has 1 N–H and O–H groups in total. The number of hydrogen-bond donors (Lipinski definition) is 1. The molecule has 7 nitrogen and oxygen atoms in total. The third-order valence-corrected chi connectivity index (χ3v) is 4.67. The number of carbonyl (C=O) groups is 1. The number of amides is 1. The predicted octanol–water partition coefficient (Wildman–Crippen LogP) is 2.91. The monoisotopic (exact) mass is 381 g/mol. The minimum absolute atomic E-state index is 0.188. The van der Waals surface area contributed by atoms with Gasteiger partial charge in [0.05, 0.1) is 31.7 Å². The molecule has 1 aromatic heterocycles. The summed E-state index contributed by atoms with van der Waals surface area (Å²) in [6, 6.07) is 10.5. The van der Waals surface area contributed by atoms with Gasteiger partial charge in [0.2, 0.25) is 0 Å². The molecule has 1 amide bonds. The number of aromatic amines is 1. The molecule has 3 aromatic rings. The summed E-state index contributed by atoms with van der Waals surface area (Å²) < 4.78 is 10.7. The summed E-state index contributed by atoms with van der Waals surface area (Å²) in [5, 5.41) is 0.522. The van der Waals surface area contributed by atoms with Crippen LogP contribution in [0.2, 0.25) is 0 Å². The van der Waals surface area contributed by atoms with Crippen molar-refractivity contribution in [2.75, 3.05) is 20.8 Å². The van der Waals surface area contributed by atoms with Gasteiger partial charge in [-0.1, -0.05) is 12.1 Å². The lowest BCUT2D eigenvalue weighted by atomic mass is 10.1. The molecule has 2 aromatic carbocycles. The third-order valence-electron chi connectivity index (χ3n) is 4.67. The van der Waals surface area contributed by atoms with Gasteiger partial charge >= 0.3 is 0 Å². The van der Waals surface area contributed by atoms with Gasteiger partial charge in [0.25, 0.3) is 11.5 Å². The Labute approximate surface area is 162 Å². The Kier molecular flexibility index (Phi) is 5.63. The van der Waals surface area contributed by atoms with Gasteiger partial charge in [-0.3, -0.25) is 9.59 Å². The number of methoxy groups -OCH3 is 2. The van der Waals surface area contributed by atoms with Gasteiger partial charge in [-0.05, 0) is 38.1 Å². The van der Waals surface area contributed by atoms with Crippen LogP contribution < -0.4 is 15.0 Å². The fraction of sp³-hybridized carbons (Fsp3) is 0.286. The summed E-state index contributed by atoms with van der Waals surface area (Å²) in [4.78, 5) is 34.2. The maximum absolute atomic E-state index is 13.1. The van der Waals surface area contributed by atoms with E-state index in [9.17, 15) is 9.59 Å². The minimum atomic E-state index is -0.220. The Hall–Kier alpha value is -3.35. The zero-order valence-electron chi connectivity index (χ0n) is 16.4. The van der Waals surface area contributed by atoms with Gasteiger partial charge in [0.15, 0.2) is 0 Å². The second-order valence-corrected chi connectivity index (χ2v) is 6.35. The van der Waals surface area contributed by atoms with Crippen LogP contribution in [-0.2, 0) is 6.54 Å². The lowest BCUT2D eigenvalue weighted by Gasteiger charge is -2.21. The first-order valence-corrected chi connectivity index (χ1v) is 8.98. The van der Waals surface area contributed by atoms with Gasteiger partial charge in [-0.2, -0.15) is 0 Å². The molecule has 0 spiro atoms. The summed E-state index contributed by atoms with van der Waals surface area (Å²) in [5.74, 6) is 1.40. The molecular weight excluding hydrogens is 358 g/mol. The summed E-state index contributed by atoms with van der Waals surface area (Å²) in [6.07, 6.45) is 0. The molecule has 0 aliphatic carbocycles. The zero-order valence-corrected chi connectivity index (χ0v) is 16.4. The first-order valence-electron chi connectivity index (χ1n) is 8.98. The number of nitrogens with one attached hydrogen (secondary N) is 1. The van der Waals surface area contributed by atoms with Crippen molar-refractivity contribution in [1.29, 1.82) is 0 Å². The molecule has 3 rings (SSSR count). The highest BCUT2D eigenvalue weighted by Gasteiger charge is 2.19. The maximum Gasteiger partial charge on any atom is 0.258 e. The highest BCUT2D eigenvalue weighted by molar-refractivity contribution is 5.95. The molecule has 0 atom stereocenters. The zero-order chi connectivity index (χ0) is 20.3. The van der Waals surface area contributed by atoms with Crippen molar-refractivity contribution in [3.63, 3.8) is 0 Å². The molecule has 0 aliphatic rings. The van der Waals surface area contributed by atoms with Crippen LogP contribution in [0.25, 0.3) is 10.9 Å². The maximum atomic E-state index is 13.1. The second-order valence-electron chi connectivity index (χ2n) is 6.35. The smallest absolute Gasteiger partial charge is 0.258 e. The van der Waals surface area contributed by atoms with Crippen LogP contribution in [0.4, 0.5) is 0 Å². The number of H-pyrrole nitrogens is 1. The van der Waals surface area contributed by atoms with Crippen molar-refractivity contribution in [3.05, 3.63) is 63.7 Å². The van der Waals surface area contributed by atoms with Crippen molar-refractivity contribution >= 4 is 16.8 Å². The first-order chi connectivity index (χ1) is 13.5. The van der Waals surface area contributed by atoms with Crippen molar-refractivity contribution in [3.8, 4) is 11.5 Å². The number of nitrogens with zero attached hydrogens (tertiary/aromatic N) is 2. The van der Waals surface area contributed by atoms with E-state index in [0.717, 1.165) is 5.56 Å². The fourth-order valence-corrected chi connectivity index (χ4v) is 3.11. The number of aromatic nitrogens is 2. The molecule has 28 heavy (non-hydrogen) atoms. The normalized spacial score (nSPS) is 10.7. The highest BCUT2D eigenvalue weighted by Crippen LogP contribution is 2.30. The molecular formula is C21H23N3O4. The Bertz CT molecular complexity index is 1050. The van der Waals surface area contributed by atoms with Gasteiger partial charge in [0, 0.05) is 17.7 Å². The van der Waals surface area contributed by atoms with E-state index in [2.05, 4.69) is 9.97 Å². The van der Waals surface area contributed by atoms with Gasteiger partial charge in [-0.15, -0.1) is 0 Å². The van der Waals surface area contributed by atoms with E-state index in [0.29, 0.717) is 40.3 Å². The molecule has 0 bridgehead atoms. The molecule has 0 saturated heterocycles. The summed E-state index contributed by atoms with van der Waals surface area (Å²) >= 11 is 0. The Morgan fingerprint density at radius 3 is 2.39 bits per heavy atom. The predicted molar refractivity (Wildman–Crippen MR) is 107 cm³/mol. The van der Waals surface area contributed by atoms with Crippen molar-refractivity contribution in [2.45, 2.75) is 20.4 Å². The van der Waals surface area contributed by atoms with E-state index in [1.54, 1.807) is 49.5 Å². The standard InChI is InChI=1S/C21H23N3O4/c1-5-24(12-19-22-16-9-7-6-8-15(16)20(25)23-19)21(26)14-10-17(27-3)13(2)18(11-14)28-4/h6-11H,5,12H2,1-4H3,(H,22,23,25). The average Bonchev–Trinajstić information content (AvgIpc) is 2.71. The topological polar surface area (TPSA) is 84.5 Å². The van der Waals surface area contributed by atoms with E-state index < -0.39 is 0 Å². The van der Waals surface area contributed by atoms with Crippen LogP contribution in [-0.4, -0.2) is 41.5 Å². The SMILES string of the molecule is CCN(Cc1nc2ccccc2c(=O)[nH]1)C(=O)c1cc(OC)c(C)c(OC)c1. The number of fused-ring (bicyclic) bond motifs is 1. The van der Waals surface area contributed by atoms with Gasteiger partial charge in [-0.25, -0.2) is 4.98 Å². The summed E-state index contributed by atoms with van der Waals surface area (Å²) in [5.41, 5.74) is 1.65. The first kappa shape index (κ1) is 19.4. The van der Waals surface area contributed by atoms with E-state index in [1.165, 1.54) is 0 Å². The Morgan fingerprint density at radius 1 is 1.14 bits per heavy atom. The number of carbonyl (C=O) groups excluding carboxylic acids is 1. The highest BCUT2D eigenvalue weighted by atomic mass is 16.5. The number of para-hydroxylation sites is 1. The molecule has 0 saturated carbocycles. The fourth-order valence-electron chi connectivity index (χ4n) is 3.11. The van der Waals surface area contributed by atoms with Crippen LogP contribution in [0.5, 0.6) is 11.5 Å². The Balaban J connectivity index is 1.94. The lowest BCUT2D eigenvalue weighted by Crippen LogP contribution is -2.32. The van der Waals surface area contributed by atoms with Crippen molar-refractivity contribution in [1.82, 2.24) is 14.9 Å². The number of ether oxygens (including phenoxy) is 2. The molecule has 0 fully saturated rings. The number of hydrogen-bond acceptors (Lipinski definition) is 5. The Morgan fingerprint density at radius 2 is 1.79 bits per heavy atom. The molecule has 0 unspecified atom stereocenters. The molecule has 146 valence electrons. The quantitative estimate of drug-likeness (QED) is 0.710. The second kappa shape index (κ2) is 8.12. The summed E-state index contributed by atoms with van der Waals surface area (Å²) in [6.45, 7) is 4.38. The van der Waals surface area contributed by atoms with Crippen LogP contribution in [0.15, 0.2) is 41.2 Å². The van der Waals surface area contributed by atoms with Crippen LogP contribution >= 0.6 is 0 Å². The van der Waals surface area contributed by atoms with E-state index in [1.807, 2.05) is 19.9 Å². The lowest BCUT2D eigenvalue weighted by molar-refractivity contribution is 0.0747. The number of benzene rings is 2. The molecule has 7 heteroatoms. The molecule has 1 heterocycles. The van der Waals surface area contributed by atoms with E-state index >= 15 is 0 Å². The van der Waals surface area contributed by atoms with Crippen LogP contribution in [0.1, 0.15) is 28.7 Å².